The van der Waals surface area contributed by atoms with E-state index in [1.54, 1.807) is 4.90 Å². The fraction of sp³-hybridized carbons (Fsp3) is 1.00. The molecule has 0 bridgehead atoms. The molecule has 0 rings (SSSR count). The summed E-state index contributed by atoms with van der Waals surface area (Å²) in [5.74, 6) is 0. The van der Waals surface area contributed by atoms with Crippen molar-refractivity contribution in [1.29, 1.82) is 0 Å². The van der Waals surface area contributed by atoms with Crippen LogP contribution in [-0.2, 0) is 4.74 Å². The standard InChI is InChI=1S/C11H25NO4/c1-11(2,3)16-9-10(15)8-12(4-6-13)5-7-14/h10,13-15H,4-9H2,1-3H3. The van der Waals surface area contributed by atoms with Gasteiger partial charge in [0.15, 0.2) is 0 Å². The van der Waals surface area contributed by atoms with E-state index in [9.17, 15) is 5.11 Å². The van der Waals surface area contributed by atoms with Crippen LogP contribution >= 0.6 is 0 Å². The Morgan fingerprint density at radius 1 is 1.12 bits per heavy atom. The summed E-state index contributed by atoms with van der Waals surface area (Å²) in [4.78, 5) is 1.80. The molecule has 98 valence electrons. The van der Waals surface area contributed by atoms with Gasteiger partial charge in [0, 0.05) is 19.6 Å². The molecule has 0 heterocycles. The second kappa shape index (κ2) is 7.97. The highest BCUT2D eigenvalue weighted by Gasteiger charge is 2.15. The summed E-state index contributed by atoms with van der Waals surface area (Å²) in [7, 11) is 0. The Hall–Kier alpha value is -0.200. The highest BCUT2D eigenvalue weighted by Crippen LogP contribution is 2.07. The van der Waals surface area contributed by atoms with Crippen molar-refractivity contribution >= 4 is 0 Å². The third-order valence-corrected chi connectivity index (χ3v) is 2.01. The van der Waals surface area contributed by atoms with Gasteiger partial charge in [0.25, 0.3) is 0 Å². The van der Waals surface area contributed by atoms with Crippen molar-refractivity contribution in [2.75, 3.05) is 39.5 Å². The number of nitrogens with zero attached hydrogens (tertiary/aromatic N) is 1. The molecule has 1 unspecified atom stereocenters. The van der Waals surface area contributed by atoms with Gasteiger partial charge in [0.1, 0.15) is 0 Å². The molecule has 0 saturated heterocycles. The van der Waals surface area contributed by atoms with E-state index < -0.39 is 6.10 Å². The average molecular weight is 235 g/mol. The van der Waals surface area contributed by atoms with Gasteiger partial charge in [0.05, 0.1) is 31.5 Å². The van der Waals surface area contributed by atoms with Crippen LogP contribution in [0.4, 0.5) is 0 Å². The SMILES string of the molecule is CC(C)(C)OCC(O)CN(CCO)CCO. The second-order valence-electron chi connectivity index (χ2n) is 4.83. The molecule has 5 nitrogen and oxygen atoms in total. The monoisotopic (exact) mass is 235 g/mol. The van der Waals surface area contributed by atoms with Gasteiger partial charge in [-0.25, -0.2) is 0 Å². The zero-order chi connectivity index (χ0) is 12.6. The average Bonchev–Trinajstić information content (AvgIpc) is 2.14. The maximum atomic E-state index is 9.71. The summed E-state index contributed by atoms with van der Waals surface area (Å²) >= 11 is 0. The zero-order valence-corrected chi connectivity index (χ0v) is 10.5. The Kier molecular flexibility index (Phi) is 7.87. The first-order valence-corrected chi connectivity index (χ1v) is 5.65. The third-order valence-electron chi connectivity index (χ3n) is 2.01. The lowest BCUT2D eigenvalue weighted by Crippen LogP contribution is -2.39. The van der Waals surface area contributed by atoms with E-state index in [0.717, 1.165) is 0 Å². The molecule has 1 atom stereocenters. The lowest BCUT2D eigenvalue weighted by atomic mass is 10.2. The molecule has 0 saturated carbocycles. The molecule has 0 spiro atoms. The van der Waals surface area contributed by atoms with Gasteiger partial charge >= 0.3 is 0 Å². The molecule has 0 aliphatic heterocycles. The van der Waals surface area contributed by atoms with Crippen LogP contribution in [0.3, 0.4) is 0 Å². The summed E-state index contributed by atoms with van der Waals surface area (Å²) in [6.45, 7) is 7.39. The number of aliphatic hydroxyl groups is 3. The van der Waals surface area contributed by atoms with Crippen molar-refractivity contribution < 1.29 is 20.1 Å². The van der Waals surface area contributed by atoms with Crippen molar-refractivity contribution in [2.45, 2.75) is 32.5 Å². The van der Waals surface area contributed by atoms with E-state index in [1.165, 1.54) is 0 Å². The van der Waals surface area contributed by atoms with Crippen LogP contribution in [0, 0.1) is 0 Å². The van der Waals surface area contributed by atoms with Crippen LogP contribution < -0.4 is 0 Å². The topological polar surface area (TPSA) is 73.2 Å². The van der Waals surface area contributed by atoms with Crippen LogP contribution in [0.5, 0.6) is 0 Å². The molecule has 0 fully saturated rings. The molecule has 0 radical (unpaired) electrons. The molecule has 16 heavy (non-hydrogen) atoms. The first kappa shape index (κ1) is 15.8. The van der Waals surface area contributed by atoms with E-state index in [4.69, 9.17) is 14.9 Å². The molecule has 0 aromatic rings. The third kappa shape index (κ3) is 9.06. The quantitative estimate of drug-likeness (QED) is 0.526. The largest absolute Gasteiger partial charge is 0.395 e. The minimum atomic E-state index is -0.600. The number of hydrogen-bond donors (Lipinski definition) is 3. The maximum Gasteiger partial charge on any atom is 0.0900 e. The maximum absolute atomic E-state index is 9.71. The van der Waals surface area contributed by atoms with Crippen LogP contribution in [0.15, 0.2) is 0 Å². The van der Waals surface area contributed by atoms with Crippen LogP contribution in [0.2, 0.25) is 0 Å². The molecular weight excluding hydrogens is 210 g/mol. The molecule has 0 aliphatic carbocycles. The van der Waals surface area contributed by atoms with Crippen molar-refractivity contribution in [3.05, 3.63) is 0 Å². The number of hydrogen-bond acceptors (Lipinski definition) is 5. The van der Waals surface area contributed by atoms with Gasteiger partial charge in [0.2, 0.25) is 0 Å². The van der Waals surface area contributed by atoms with Gasteiger partial charge in [-0.15, -0.1) is 0 Å². The summed E-state index contributed by atoms with van der Waals surface area (Å²) in [6, 6.07) is 0. The lowest BCUT2D eigenvalue weighted by molar-refractivity contribution is -0.0574. The van der Waals surface area contributed by atoms with Gasteiger partial charge in [-0.05, 0) is 20.8 Å². The first-order chi connectivity index (χ1) is 7.39. The smallest absolute Gasteiger partial charge is 0.0900 e. The zero-order valence-electron chi connectivity index (χ0n) is 10.5. The summed E-state index contributed by atoms with van der Waals surface area (Å²) in [5, 5.41) is 27.3. The van der Waals surface area contributed by atoms with Gasteiger partial charge in [-0.2, -0.15) is 0 Å². The van der Waals surface area contributed by atoms with Crippen molar-refractivity contribution in [2.24, 2.45) is 0 Å². The van der Waals surface area contributed by atoms with Gasteiger partial charge in [-0.1, -0.05) is 0 Å². The Morgan fingerprint density at radius 2 is 1.62 bits per heavy atom. The fourth-order valence-corrected chi connectivity index (χ4v) is 1.27. The van der Waals surface area contributed by atoms with Gasteiger partial charge < -0.3 is 20.1 Å². The van der Waals surface area contributed by atoms with Crippen molar-refractivity contribution in [3.8, 4) is 0 Å². The highest BCUT2D eigenvalue weighted by molar-refractivity contribution is 4.66. The van der Waals surface area contributed by atoms with Crippen LogP contribution in [0.25, 0.3) is 0 Å². The molecule has 3 N–H and O–H groups in total. The Morgan fingerprint density at radius 3 is 2.00 bits per heavy atom. The number of ether oxygens (including phenoxy) is 1. The molecule has 0 aliphatic rings. The van der Waals surface area contributed by atoms with E-state index in [1.807, 2.05) is 20.8 Å². The predicted octanol–water partition coefficient (Wildman–Crippen LogP) is -0.551. The van der Waals surface area contributed by atoms with Gasteiger partial charge in [-0.3, -0.25) is 4.90 Å². The molecular formula is C11H25NO4. The van der Waals surface area contributed by atoms with Crippen LogP contribution in [0.1, 0.15) is 20.8 Å². The summed E-state index contributed by atoms with van der Waals surface area (Å²) in [5.41, 5.74) is -0.264. The predicted molar refractivity (Wildman–Crippen MR) is 62.3 cm³/mol. The minimum Gasteiger partial charge on any atom is -0.395 e. The van der Waals surface area contributed by atoms with E-state index in [2.05, 4.69) is 0 Å². The second-order valence-corrected chi connectivity index (χ2v) is 4.83. The normalized spacial score (nSPS) is 14.4. The molecule has 0 amide bonds. The van der Waals surface area contributed by atoms with E-state index in [-0.39, 0.29) is 25.4 Å². The summed E-state index contributed by atoms with van der Waals surface area (Å²) < 4.78 is 5.45. The number of aliphatic hydroxyl groups excluding tert-OH is 3. The highest BCUT2D eigenvalue weighted by atomic mass is 16.5. The van der Waals surface area contributed by atoms with Crippen LogP contribution in [-0.4, -0.2) is 71.4 Å². The Balaban J connectivity index is 3.85. The number of rotatable bonds is 8. The Bertz CT molecular complexity index is 164. The fourth-order valence-electron chi connectivity index (χ4n) is 1.27. The van der Waals surface area contributed by atoms with E-state index in [0.29, 0.717) is 19.6 Å². The van der Waals surface area contributed by atoms with E-state index >= 15 is 0 Å². The first-order valence-electron chi connectivity index (χ1n) is 5.65. The van der Waals surface area contributed by atoms with Crippen molar-refractivity contribution in [3.63, 3.8) is 0 Å². The Labute approximate surface area is 97.6 Å². The van der Waals surface area contributed by atoms with Crippen molar-refractivity contribution in [1.82, 2.24) is 4.90 Å². The lowest BCUT2D eigenvalue weighted by Gasteiger charge is -2.26. The summed E-state index contributed by atoms with van der Waals surface area (Å²) in [6.07, 6.45) is -0.600. The molecule has 0 aromatic heterocycles. The molecule has 5 heteroatoms. The molecule has 0 aromatic carbocycles. The minimum absolute atomic E-state index is 0.0207.